The summed E-state index contributed by atoms with van der Waals surface area (Å²) in [6, 6.07) is 8.46. The summed E-state index contributed by atoms with van der Waals surface area (Å²) in [5.74, 6) is 1.71. The normalized spacial score (nSPS) is 16.7. The molecule has 1 fully saturated rings. The third kappa shape index (κ3) is 6.36. The fraction of sp³-hybridized carbons (Fsp3) is 0.450. The van der Waals surface area contributed by atoms with Gasteiger partial charge in [-0.2, -0.15) is 0 Å². The van der Waals surface area contributed by atoms with Gasteiger partial charge in [-0.3, -0.25) is 4.99 Å². The largest absolute Gasteiger partial charge is 0.488 e. The first kappa shape index (κ1) is 22.0. The molecule has 3 rings (SSSR count). The van der Waals surface area contributed by atoms with E-state index in [9.17, 15) is 0 Å². The fourth-order valence-corrected chi connectivity index (χ4v) is 3.70. The van der Waals surface area contributed by atoms with Crippen LogP contribution in [0.3, 0.4) is 0 Å². The zero-order valence-corrected chi connectivity index (χ0v) is 19.2. The summed E-state index contributed by atoms with van der Waals surface area (Å²) < 4.78 is 11.6. The zero-order chi connectivity index (χ0) is 18.4. The molecule has 2 N–H and O–H groups in total. The standard InChI is InChI=1S/C20H27N3O2S.HI/c1-14-4-5-16(18(10-14)25-17-6-8-24-13-17)11-22-20(21-3)23-12-19-15(2)7-9-26-19;/h4-5,7,9-10,17H,6,8,11-13H2,1-3H3,(H2,21,22,23);1H. The lowest BCUT2D eigenvalue weighted by Gasteiger charge is -2.18. The smallest absolute Gasteiger partial charge is 0.191 e. The number of aryl methyl sites for hydroxylation is 2. The van der Waals surface area contributed by atoms with Crippen LogP contribution in [0.5, 0.6) is 5.75 Å². The molecule has 0 amide bonds. The number of aliphatic imine (C=N–C) groups is 1. The highest BCUT2D eigenvalue weighted by molar-refractivity contribution is 14.0. The Kier molecular flexibility index (Phi) is 8.85. The molecular weight excluding hydrogens is 473 g/mol. The molecule has 0 radical (unpaired) electrons. The van der Waals surface area contributed by atoms with Crippen LogP contribution < -0.4 is 15.4 Å². The van der Waals surface area contributed by atoms with Gasteiger partial charge in [-0.1, -0.05) is 12.1 Å². The molecule has 1 saturated heterocycles. The molecule has 1 atom stereocenters. The Hall–Kier alpha value is -1.32. The van der Waals surface area contributed by atoms with Crippen LogP contribution in [0.25, 0.3) is 0 Å². The van der Waals surface area contributed by atoms with Crippen molar-refractivity contribution in [2.75, 3.05) is 20.3 Å². The first-order chi connectivity index (χ1) is 12.7. The van der Waals surface area contributed by atoms with Crippen LogP contribution in [-0.2, 0) is 17.8 Å². The molecule has 1 aliphatic rings. The number of ether oxygens (including phenoxy) is 2. The van der Waals surface area contributed by atoms with Crippen LogP contribution in [0.4, 0.5) is 0 Å². The zero-order valence-electron chi connectivity index (χ0n) is 16.1. The van der Waals surface area contributed by atoms with Crippen molar-refractivity contribution >= 4 is 41.3 Å². The van der Waals surface area contributed by atoms with E-state index in [4.69, 9.17) is 9.47 Å². The third-order valence-corrected chi connectivity index (χ3v) is 5.48. The predicted octanol–water partition coefficient (Wildman–Crippen LogP) is 4.02. The maximum atomic E-state index is 6.16. The summed E-state index contributed by atoms with van der Waals surface area (Å²) in [5.41, 5.74) is 3.63. The minimum Gasteiger partial charge on any atom is -0.488 e. The Balaban J connectivity index is 0.00000261. The van der Waals surface area contributed by atoms with Gasteiger partial charge in [0.2, 0.25) is 0 Å². The fourth-order valence-electron chi connectivity index (χ4n) is 2.85. The maximum absolute atomic E-state index is 6.16. The van der Waals surface area contributed by atoms with Crippen molar-refractivity contribution in [1.29, 1.82) is 0 Å². The molecule has 0 saturated carbocycles. The van der Waals surface area contributed by atoms with Crippen LogP contribution in [-0.4, -0.2) is 32.3 Å². The molecular formula is C20H28IN3O2S. The van der Waals surface area contributed by atoms with E-state index < -0.39 is 0 Å². The van der Waals surface area contributed by atoms with Crippen molar-refractivity contribution in [2.24, 2.45) is 4.99 Å². The van der Waals surface area contributed by atoms with Crippen LogP contribution in [0, 0.1) is 13.8 Å². The van der Waals surface area contributed by atoms with Crippen molar-refractivity contribution in [1.82, 2.24) is 10.6 Å². The van der Waals surface area contributed by atoms with Gasteiger partial charge in [0, 0.05) is 30.5 Å². The number of thiophene rings is 1. The summed E-state index contributed by atoms with van der Waals surface area (Å²) in [6.45, 7) is 7.10. The lowest BCUT2D eigenvalue weighted by molar-refractivity contribution is 0.140. The molecule has 148 valence electrons. The number of nitrogens with one attached hydrogen (secondary N) is 2. The van der Waals surface area contributed by atoms with Gasteiger partial charge in [0.25, 0.3) is 0 Å². The second kappa shape index (κ2) is 10.9. The van der Waals surface area contributed by atoms with Crippen LogP contribution in [0.1, 0.15) is 28.0 Å². The molecule has 27 heavy (non-hydrogen) atoms. The van der Waals surface area contributed by atoms with Crippen LogP contribution in [0.15, 0.2) is 34.6 Å². The Morgan fingerprint density at radius 1 is 1.26 bits per heavy atom. The SMILES string of the molecule is CN=C(NCc1ccc(C)cc1OC1CCOC1)NCc1sccc1C.I. The minimum atomic E-state index is 0. The van der Waals surface area contributed by atoms with Crippen molar-refractivity contribution in [3.63, 3.8) is 0 Å². The number of hydrogen-bond donors (Lipinski definition) is 2. The number of guanidine groups is 1. The number of rotatable bonds is 6. The number of halogens is 1. The summed E-state index contributed by atoms with van der Waals surface area (Å²) >= 11 is 1.76. The summed E-state index contributed by atoms with van der Waals surface area (Å²) in [4.78, 5) is 5.65. The van der Waals surface area contributed by atoms with Gasteiger partial charge in [-0.15, -0.1) is 35.3 Å². The number of nitrogens with zero attached hydrogens (tertiary/aromatic N) is 1. The van der Waals surface area contributed by atoms with Crippen molar-refractivity contribution in [2.45, 2.75) is 39.5 Å². The highest BCUT2D eigenvalue weighted by Crippen LogP contribution is 2.23. The maximum Gasteiger partial charge on any atom is 0.191 e. The first-order valence-electron chi connectivity index (χ1n) is 8.97. The lowest BCUT2D eigenvalue weighted by atomic mass is 10.1. The predicted molar refractivity (Wildman–Crippen MR) is 123 cm³/mol. The Bertz CT molecular complexity index is 757. The van der Waals surface area contributed by atoms with E-state index in [1.807, 2.05) is 0 Å². The molecule has 1 aromatic carbocycles. The quantitative estimate of drug-likeness (QED) is 0.357. The van der Waals surface area contributed by atoms with E-state index in [0.717, 1.165) is 36.8 Å². The molecule has 5 nitrogen and oxygen atoms in total. The van der Waals surface area contributed by atoms with Crippen LogP contribution in [0.2, 0.25) is 0 Å². The number of hydrogen-bond acceptors (Lipinski definition) is 4. The first-order valence-corrected chi connectivity index (χ1v) is 9.85. The summed E-state index contributed by atoms with van der Waals surface area (Å²) in [6.07, 6.45) is 1.10. The Morgan fingerprint density at radius 2 is 2.07 bits per heavy atom. The van der Waals surface area contributed by atoms with Gasteiger partial charge >= 0.3 is 0 Å². The van der Waals surface area contributed by atoms with Crippen molar-refractivity contribution < 1.29 is 9.47 Å². The lowest BCUT2D eigenvalue weighted by Crippen LogP contribution is -2.36. The van der Waals surface area contributed by atoms with E-state index in [-0.39, 0.29) is 30.1 Å². The highest BCUT2D eigenvalue weighted by atomic mass is 127. The molecule has 0 bridgehead atoms. The Labute approximate surface area is 182 Å². The summed E-state index contributed by atoms with van der Waals surface area (Å²) in [7, 11) is 1.79. The third-order valence-electron chi connectivity index (χ3n) is 4.46. The van der Waals surface area contributed by atoms with Gasteiger partial charge in [0.05, 0.1) is 19.8 Å². The Morgan fingerprint density at radius 3 is 2.74 bits per heavy atom. The van der Waals surface area contributed by atoms with Gasteiger partial charge < -0.3 is 20.1 Å². The van der Waals surface area contributed by atoms with E-state index >= 15 is 0 Å². The van der Waals surface area contributed by atoms with Crippen LogP contribution >= 0.6 is 35.3 Å². The molecule has 2 heterocycles. The summed E-state index contributed by atoms with van der Waals surface area (Å²) in [5, 5.41) is 8.88. The highest BCUT2D eigenvalue weighted by Gasteiger charge is 2.18. The average molecular weight is 501 g/mol. The molecule has 1 aliphatic heterocycles. The van der Waals surface area contributed by atoms with E-state index in [1.54, 1.807) is 18.4 Å². The topological polar surface area (TPSA) is 54.9 Å². The van der Waals surface area contributed by atoms with E-state index in [2.05, 4.69) is 59.1 Å². The second-order valence-electron chi connectivity index (χ2n) is 6.52. The minimum absolute atomic E-state index is 0. The van der Waals surface area contributed by atoms with Gasteiger partial charge in [0.15, 0.2) is 5.96 Å². The molecule has 1 unspecified atom stereocenters. The van der Waals surface area contributed by atoms with Gasteiger partial charge in [0.1, 0.15) is 11.9 Å². The molecule has 1 aromatic heterocycles. The molecule has 0 aliphatic carbocycles. The second-order valence-corrected chi connectivity index (χ2v) is 7.52. The average Bonchev–Trinajstić information content (AvgIpc) is 3.28. The monoisotopic (exact) mass is 501 g/mol. The van der Waals surface area contributed by atoms with E-state index in [0.29, 0.717) is 13.2 Å². The molecule has 7 heteroatoms. The van der Waals surface area contributed by atoms with E-state index in [1.165, 1.54) is 16.0 Å². The van der Waals surface area contributed by atoms with Gasteiger partial charge in [-0.05, 0) is 42.5 Å². The number of benzene rings is 1. The molecule has 0 spiro atoms. The van der Waals surface area contributed by atoms with Crippen molar-refractivity contribution in [3.8, 4) is 5.75 Å². The van der Waals surface area contributed by atoms with Gasteiger partial charge in [-0.25, -0.2) is 0 Å². The van der Waals surface area contributed by atoms with Crippen molar-refractivity contribution in [3.05, 3.63) is 51.2 Å². The molecule has 2 aromatic rings.